The number of benzene rings is 1. The summed E-state index contributed by atoms with van der Waals surface area (Å²) < 4.78 is 6.78. The average molecular weight is 382 g/mol. The minimum Gasteiger partial charge on any atom is -0.447 e. The van der Waals surface area contributed by atoms with Gasteiger partial charge in [0.15, 0.2) is 0 Å². The van der Waals surface area contributed by atoms with Gasteiger partial charge in [-0.1, -0.05) is 12.1 Å². The summed E-state index contributed by atoms with van der Waals surface area (Å²) in [6.45, 7) is 3.55. The summed E-state index contributed by atoms with van der Waals surface area (Å²) in [6.07, 6.45) is 4.27. The molecule has 0 unspecified atom stereocenters. The predicted octanol–water partition coefficient (Wildman–Crippen LogP) is 3.45. The zero-order valence-corrected chi connectivity index (χ0v) is 16.1. The van der Waals surface area contributed by atoms with Gasteiger partial charge in [-0.2, -0.15) is 0 Å². The van der Waals surface area contributed by atoms with Crippen LogP contribution in [-0.2, 0) is 4.74 Å². The van der Waals surface area contributed by atoms with Crippen LogP contribution in [0.15, 0.2) is 42.9 Å². The summed E-state index contributed by atoms with van der Waals surface area (Å²) in [4.78, 5) is 33.8. The van der Waals surface area contributed by atoms with Crippen molar-refractivity contribution in [1.29, 1.82) is 0 Å². The van der Waals surface area contributed by atoms with Crippen LogP contribution in [0.4, 0.5) is 21.0 Å². The number of aromatic nitrogens is 3. The number of anilines is 2. The van der Waals surface area contributed by atoms with Crippen molar-refractivity contribution < 1.29 is 14.3 Å². The highest BCUT2D eigenvalue weighted by Crippen LogP contribution is 2.23. The summed E-state index contributed by atoms with van der Waals surface area (Å²) in [7, 11) is 3.35. The molecule has 0 aliphatic heterocycles. The minimum absolute atomic E-state index is 0.210. The van der Waals surface area contributed by atoms with Crippen LogP contribution in [0.3, 0.4) is 0 Å². The molecule has 0 aliphatic rings. The van der Waals surface area contributed by atoms with Gasteiger partial charge in [0.2, 0.25) is 5.78 Å². The van der Waals surface area contributed by atoms with E-state index in [0.717, 1.165) is 5.56 Å². The van der Waals surface area contributed by atoms with Gasteiger partial charge in [0.25, 0.3) is 0 Å². The quantitative estimate of drug-likeness (QED) is 0.720. The van der Waals surface area contributed by atoms with Crippen LogP contribution >= 0.6 is 0 Å². The number of rotatable bonds is 4. The molecule has 0 aliphatic carbocycles. The first kappa shape index (κ1) is 19.2. The lowest BCUT2D eigenvalue weighted by molar-refractivity contribution is 0.130. The lowest BCUT2D eigenvalue weighted by Crippen LogP contribution is -2.27. The van der Waals surface area contributed by atoms with Crippen molar-refractivity contribution in [3.63, 3.8) is 0 Å². The number of amides is 3. The molecule has 3 amide bonds. The van der Waals surface area contributed by atoms with Crippen molar-refractivity contribution in [1.82, 2.24) is 19.3 Å². The molecule has 3 rings (SSSR count). The van der Waals surface area contributed by atoms with Crippen LogP contribution in [-0.4, -0.2) is 51.6 Å². The van der Waals surface area contributed by atoms with Crippen molar-refractivity contribution in [3.05, 3.63) is 42.9 Å². The van der Waals surface area contributed by atoms with E-state index in [1.165, 1.54) is 11.1 Å². The second-order valence-corrected chi connectivity index (χ2v) is 6.66. The summed E-state index contributed by atoms with van der Waals surface area (Å²) in [5.74, 6) is 0.487. The molecule has 0 spiro atoms. The van der Waals surface area contributed by atoms with E-state index in [-0.39, 0.29) is 12.1 Å². The Hall–Kier alpha value is -3.62. The van der Waals surface area contributed by atoms with Gasteiger partial charge in [0.05, 0.1) is 23.7 Å². The fourth-order valence-electron chi connectivity index (χ4n) is 2.44. The van der Waals surface area contributed by atoms with E-state index < -0.39 is 6.09 Å². The molecule has 9 nitrogen and oxygen atoms in total. The maximum Gasteiger partial charge on any atom is 0.411 e. The second-order valence-electron chi connectivity index (χ2n) is 6.66. The zero-order chi connectivity index (χ0) is 20.3. The number of nitrogens with zero attached hydrogens (tertiary/aromatic N) is 4. The second kappa shape index (κ2) is 7.95. The minimum atomic E-state index is -0.541. The van der Waals surface area contributed by atoms with Crippen molar-refractivity contribution in [2.24, 2.45) is 0 Å². The Labute approximate surface area is 162 Å². The fraction of sp³-hybridized carbons (Fsp3) is 0.263. The molecule has 0 fully saturated rings. The SMILES string of the molecule is CC(C)OC(=O)Nc1cnc2nc(-c3cccc(NC(=O)N(C)C)c3)cn2c1. The molecule has 0 saturated carbocycles. The van der Waals surface area contributed by atoms with Gasteiger partial charge in [0.1, 0.15) is 0 Å². The molecule has 2 aromatic heterocycles. The summed E-state index contributed by atoms with van der Waals surface area (Å²) in [5.41, 5.74) is 2.68. The van der Waals surface area contributed by atoms with Crippen molar-refractivity contribution in [2.45, 2.75) is 20.0 Å². The van der Waals surface area contributed by atoms with Gasteiger partial charge in [-0.3, -0.25) is 9.72 Å². The number of hydrogen-bond acceptors (Lipinski definition) is 5. The van der Waals surface area contributed by atoms with Gasteiger partial charge in [-0.15, -0.1) is 0 Å². The summed E-state index contributed by atoms with van der Waals surface area (Å²) in [6, 6.07) is 7.17. The Bertz CT molecular complexity index is 1010. The number of fused-ring (bicyclic) bond motifs is 1. The summed E-state index contributed by atoms with van der Waals surface area (Å²) >= 11 is 0. The highest BCUT2D eigenvalue weighted by molar-refractivity contribution is 5.89. The molecule has 0 radical (unpaired) electrons. The molecule has 9 heteroatoms. The monoisotopic (exact) mass is 382 g/mol. The molecule has 1 aromatic carbocycles. The highest BCUT2D eigenvalue weighted by atomic mass is 16.6. The number of urea groups is 1. The predicted molar refractivity (Wildman–Crippen MR) is 106 cm³/mol. The van der Waals surface area contributed by atoms with Gasteiger partial charge < -0.3 is 15.0 Å². The Morgan fingerprint density at radius 2 is 1.93 bits per heavy atom. The van der Waals surface area contributed by atoms with E-state index >= 15 is 0 Å². The summed E-state index contributed by atoms with van der Waals surface area (Å²) in [5, 5.41) is 5.44. The van der Waals surface area contributed by atoms with Gasteiger partial charge in [0, 0.05) is 37.7 Å². The zero-order valence-electron chi connectivity index (χ0n) is 16.1. The van der Waals surface area contributed by atoms with Crippen LogP contribution in [0.5, 0.6) is 0 Å². The lowest BCUT2D eigenvalue weighted by atomic mass is 10.1. The number of imidazole rings is 1. The van der Waals surface area contributed by atoms with Crippen LogP contribution in [0.2, 0.25) is 0 Å². The van der Waals surface area contributed by atoms with E-state index in [2.05, 4.69) is 20.6 Å². The van der Waals surface area contributed by atoms with E-state index in [4.69, 9.17) is 4.74 Å². The normalized spacial score (nSPS) is 10.8. The Morgan fingerprint density at radius 3 is 2.64 bits per heavy atom. The van der Waals surface area contributed by atoms with Crippen LogP contribution in [0.1, 0.15) is 13.8 Å². The Morgan fingerprint density at radius 1 is 1.14 bits per heavy atom. The number of hydrogen-bond donors (Lipinski definition) is 2. The van der Waals surface area contributed by atoms with Crippen molar-refractivity contribution in [3.8, 4) is 11.3 Å². The molecular formula is C19H22N6O3. The molecule has 2 N–H and O–H groups in total. The van der Waals surface area contributed by atoms with Crippen molar-refractivity contribution in [2.75, 3.05) is 24.7 Å². The fourth-order valence-corrected chi connectivity index (χ4v) is 2.44. The molecule has 0 bridgehead atoms. The van der Waals surface area contributed by atoms with Crippen LogP contribution in [0, 0.1) is 0 Å². The molecule has 0 saturated heterocycles. The third kappa shape index (κ3) is 4.56. The highest BCUT2D eigenvalue weighted by Gasteiger charge is 2.10. The lowest BCUT2D eigenvalue weighted by Gasteiger charge is -2.12. The van der Waals surface area contributed by atoms with Crippen molar-refractivity contribution >= 4 is 29.3 Å². The molecule has 0 atom stereocenters. The molecule has 3 aromatic rings. The number of carbonyl (C=O) groups is 2. The maximum atomic E-state index is 11.8. The first-order valence-corrected chi connectivity index (χ1v) is 8.73. The number of nitrogens with one attached hydrogen (secondary N) is 2. The molecule has 2 heterocycles. The average Bonchev–Trinajstić information content (AvgIpc) is 3.04. The first-order valence-electron chi connectivity index (χ1n) is 8.73. The van der Waals surface area contributed by atoms with E-state index in [0.29, 0.717) is 22.8 Å². The molecular weight excluding hydrogens is 360 g/mol. The smallest absolute Gasteiger partial charge is 0.411 e. The largest absolute Gasteiger partial charge is 0.447 e. The molecule has 28 heavy (non-hydrogen) atoms. The van der Waals surface area contributed by atoms with E-state index in [1.54, 1.807) is 50.8 Å². The third-order valence-corrected chi connectivity index (χ3v) is 3.71. The van der Waals surface area contributed by atoms with Crippen LogP contribution in [0.25, 0.3) is 17.0 Å². The third-order valence-electron chi connectivity index (χ3n) is 3.71. The maximum absolute atomic E-state index is 11.8. The van der Waals surface area contributed by atoms with Gasteiger partial charge >= 0.3 is 12.1 Å². The van der Waals surface area contributed by atoms with E-state index in [1.807, 2.05) is 18.2 Å². The Balaban J connectivity index is 1.82. The molecule has 146 valence electrons. The number of carbonyl (C=O) groups excluding carboxylic acids is 2. The van der Waals surface area contributed by atoms with Gasteiger partial charge in [-0.25, -0.2) is 19.6 Å². The van der Waals surface area contributed by atoms with Crippen LogP contribution < -0.4 is 10.6 Å². The van der Waals surface area contributed by atoms with Gasteiger partial charge in [-0.05, 0) is 26.0 Å². The standard InChI is InChI=1S/C19H22N6O3/c1-12(2)28-19(27)22-15-9-20-17-23-16(11-25(17)10-15)13-6-5-7-14(8-13)21-18(26)24(3)4/h5-12H,1-4H3,(H,21,26)(H,22,27). The topological polar surface area (TPSA) is 101 Å². The first-order chi connectivity index (χ1) is 13.3. The van der Waals surface area contributed by atoms with E-state index in [9.17, 15) is 9.59 Å². The Kier molecular flexibility index (Phi) is 5.44. The number of ether oxygens (including phenoxy) is 1.